The summed E-state index contributed by atoms with van der Waals surface area (Å²) in [5.41, 5.74) is 1.92. The Morgan fingerprint density at radius 3 is 2.48 bits per heavy atom. The highest BCUT2D eigenvalue weighted by molar-refractivity contribution is 5.82. The maximum Gasteiger partial charge on any atom is 0.223 e. The molecular formula is C20H28N2O. The van der Waals surface area contributed by atoms with E-state index in [1.54, 1.807) is 0 Å². The molecule has 1 heterocycles. The van der Waals surface area contributed by atoms with Crippen LogP contribution in [0.2, 0.25) is 0 Å². The predicted octanol–water partition coefficient (Wildman–Crippen LogP) is 3.00. The molecule has 0 radical (unpaired) electrons. The van der Waals surface area contributed by atoms with Crippen molar-refractivity contribution in [1.29, 1.82) is 0 Å². The standard InChI is InChI=1S/C20H28N2O/c23-18(17-14-19(17)10-12-21-13-11-19)22-15-20(8-4-5-9-20)16-6-2-1-3-7-16/h1-3,6-7,17,21H,4-5,8-15H2,(H,22,23)/t17-/m0/s1. The van der Waals surface area contributed by atoms with E-state index in [0.717, 1.165) is 26.1 Å². The number of carbonyl (C=O) groups excluding carboxylic acids is 1. The van der Waals surface area contributed by atoms with Crippen LogP contribution >= 0.6 is 0 Å². The van der Waals surface area contributed by atoms with Crippen molar-refractivity contribution >= 4 is 5.91 Å². The lowest BCUT2D eigenvalue weighted by molar-refractivity contribution is -0.123. The molecule has 1 spiro atoms. The lowest BCUT2D eigenvalue weighted by Gasteiger charge is -2.30. The summed E-state index contributed by atoms with van der Waals surface area (Å²) >= 11 is 0. The topological polar surface area (TPSA) is 41.1 Å². The summed E-state index contributed by atoms with van der Waals surface area (Å²) in [6.45, 7) is 2.98. The van der Waals surface area contributed by atoms with E-state index in [4.69, 9.17) is 0 Å². The third kappa shape index (κ3) is 2.80. The van der Waals surface area contributed by atoms with Crippen LogP contribution in [0.4, 0.5) is 0 Å². The van der Waals surface area contributed by atoms with Crippen molar-refractivity contribution in [2.75, 3.05) is 19.6 Å². The van der Waals surface area contributed by atoms with Crippen LogP contribution in [-0.4, -0.2) is 25.5 Å². The summed E-state index contributed by atoms with van der Waals surface area (Å²) in [6.07, 6.45) is 8.43. The molecular weight excluding hydrogens is 284 g/mol. The van der Waals surface area contributed by atoms with Crippen LogP contribution in [0.3, 0.4) is 0 Å². The summed E-state index contributed by atoms with van der Waals surface area (Å²) in [5, 5.41) is 6.75. The molecule has 3 heteroatoms. The van der Waals surface area contributed by atoms with Gasteiger partial charge in [0.15, 0.2) is 0 Å². The molecule has 1 atom stereocenters. The zero-order chi connectivity index (χ0) is 15.8. The first kappa shape index (κ1) is 15.2. The second-order valence-corrected chi connectivity index (χ2v) is 7.94. The zero-order valence-corrected chi connectivity index (χ0v) is 13.9. The van der Waals surface area contributed by atoms with Crippen LogP contribution in [0.5, 0.6) is 0 Å². The Labute approximate surface area is 139 Å². The molecule has 1 aromatic rings. The largest absolute Gasteiger partial charge is 0.355 e. The molecule has 0 bridgehead atoms. The van der Waals surface area contributed by atoms with Gasteiger partial charge in [-0.3, -0.25) is 4.79 Å². The molecule has 2 saturated carbocycles. The van der Waals surface area contributed by atoms with Crippen molar-refractivity contribution in [2.45, 2.75) is 50.4 Å². The number of piperidine rings is 1. The monoisotopic (exact) mass is 312 g/mol. The van der Waals surface area contributed by atoms with E-state index in [9.17, 15) is 4.79 Å². The molecule has 3 nitrogen and oxygen atoms in total. The minimum Gasteiger partial charge on any atom is -0.355 e. The smallest absolute Gasteiger partial charge is 0.223 e. The maximum absolute atomic E-state index is 12.7. The SMILES string of the molecule is O=C(NCC1(c2ccccc2)CCCC1)[C@@H]1CC12CCNCC2. The van der Waals surface area contributed by atoms with Crippen molar-refractivity contribution in [1.82, 2.24) is 10.6 Å². The minimum atomic E-state index is 0.174. The summed E-state index contributed by atoms with van der Waals surface area (Å²) < 4.78 is 0. The van der Waals surface area contributed by atoms with Crippen molar-refractivity contribution in [2.24, 2.45) is 11.3 Å². The molecule has 4 rings (SSSR count). The first-order valence-corrected chi connectivity index (χ1v) is 9.28. The Morgan fingerprint density at radius 2 is 1.78 bits per heavy atom. The lowest BCUT2D eigenvalue weighted by Crippen LogP contribution is -2.41. The van der Waals surface area contributed by atoms with E-state index >= 15 is 0 Å². The quantitative estimate of drug-likeness (QED) is 0.897. The lowest BCUT2D eigenvalue weighted by atomic mass is 9.78. The van der Waals surface area contributed by atoms with Crippen molar-refractivity contribution in [3.8, 4) is 0 Å². The van der Waals surface area contributed by atoms with Crippen LogP contribution < -0.4 is 10.6 Å². The fraction of sp³-hybridized carbons (Fsp3) is 0.650. The van der Waals surface area contributed by atoms with E-state index in [1.807, 2.05) is 0 Å². The summed E-state index contributed by atoms with van der Waals surface area (Å²) in [7, 11) is 0. The van der Waals surface area contributed by atoms with Gasteiger partial charge >= 0.3 is 0 Å². The average Bonchev–Trinajstić information content (AvgIpc) is 3.08. The van der Waals surface area contributed by atoms with Gasteiger partial charge in [0.2, 0.25) is 5.91 Å². The van der Waals surface area contributed by atoms with Crippen LogP contribution in [0.15, 0.2) is 30.3 Å². The number of nitrogens with one attached hydrogen (secondary N) is 2. The molecule has 1 aromatic carbocycles. The van der Waals surface area contributed by atoms with E-state index in [-0.39, 0.29) is 11.3 Å². The minimum absolute atomic E-state index is 0.174. The number of amides is 1. The Hall–Kier alpha value is -1.35. The van der Waals surface area contributed by atoms with Crippen molar-refractivity contribution < 1.29 is 4.79 Å². The van der Waals surface area contributed by atoms with Crippen LogP contribution in [-0.2, 0) is 10.2 Å². The third-order valence-electron chi connectivity index (χ3n) is 6.65. The summed E-state index contributed by atoms with van der Waals surface area (Å²) in [4.78, 5) is 12.7. The summed E-state index contributed by atoms with van der Waals surface area (Å²) in [6, 6.07) is 10.8. The first-order chi connectivity index (χ1) is 11.2. The number of hydrogen-bond acceptors (Lipinski definition) is 2. The maximum atomic E-state index is 12.7. The second kappa shape index (κ2) is 5.94. The van der Waals surface area contributed by atoms with Gasteiger partial charge < -0.3 is 10.6 Å². The fourth-order valence-corrected chi connectivity index (χ4v) is 4.99. The Balaban J connectivity index is 1.40. The number of hydrogen-bond donors (Lipinski definition) is 2. The molecule has 3 aliphatic rings. The highest BCUT2D eigenvalue weighted by Crippen LogP contribution is 2.58. The van der Waals surface area contributed by atoms with E-state index < -0.39 is 0 Å². The number of rotatable bonds is 4. The molecule has 0 unspecified atom stereocenters. The fourth-order valence-electron chi connectivity index (χ4n) is 4.99. The van der Waals surface area contributed by atoms with Crippen molar-refractivity contribution in [3.63, 3.8) is 0 Å². The van der Waals surface area contributed by atoms with Gasteiger partial charge in [-0.25, -0.2) is 0 Å². The zero-order valence-electron chi connectivity index (χ0n) is 13.9. The van der Waals surface area contributed by atoms with Gasteiger partial charge in [-0.15, -0.1) is 0 Å². The first-order valence-electron chi connectivity index (χ1n) is 9.28. The summed E-state index contributed by atoms with van der Waals surface area (Å²) in [5.74, 6) is 0.591. The molecule has 0 aromatic heterocycles. The van der Waals surface area contributed by atoms with Crippen LogP contribution in [0, 0.1) is 11.3 Å². The molecule has 2 N–H and O–H groups in total. The van der Waals surface area contributed by atoms with Gasteiger partial charge in [-0.1, -0.05) is 43.2 Å². The molecule has 2 aliphatic carbocycles. The molecule has 1 amide bonds. The highest BCUT2D eigenvalue weighted by atomic mass is 16.2. The van der Waals surface area contributed by atoms with Gasteiger partial charge in [-0.2, -0.15) is 0 Å². The predicted molar refractivity (Wildman–Crippen MR) is 92.2 cm³/mol. The van der Waals surface area contributed by atoms with Crippen LogP contribution in [0.25, 0.3) is 0 Å². The highest BCUT2D eigenvalue weighted by Gasteiger charge is 2.57. The van der Waals surface area contributed by atoms with Gasteiger partial charge in [0.25, 0.3) is 0 Å². The molecule has 23 heavy (non-hydrogen) atoms. The van der Waals surface area contributed by atoms with Gasteiger partial charge in [0.1, 0.15) is 0 Å². The Kier molecular flexibility index (Phi) is 3.92. The second-order valence-electron chi connectivity index (χ2n) is 7.94. The van der Waals surface area contributed by atoms with E-state index in [0.29, 0.717) is 11.3 Å². The Bertz CT molecular complexity index is 556. The van der Waals surface area contributed by atoms with Gasteiger partial charge in [-0.05, 0) is 56.2 Å². The average molecular weight is 312 g/mol. The Morgan fingerprint density at radius 1 is 1.09 bits per heavy atom. The van der Waals surface area contributed by atoms with Gasteiger partial charge in [0.05, 0.1) is 0 Å². The number of benzene rings is 1. The number of carbonyl (C=O) groups is 1. The van der Waals surface area contributed by atoms with Crippen molar-refractivity contribution in [3.05, 3.63) is 35.9 Å². The third-order valence-corrected chi connectivity index (χ3v) is 6.65. The molecule has 1 aliphatic heterocycles. The van der Waals surface area contributed by atoms with E-state index in [1.165, 1.54) is 44.1 Å². The molecule has 124 valence electrons. The van der Waals surface area contributed by atoms with Gasteiger partial charge in [0, 0.05) is 17.9 Å². The normalized spacial score (nSPS) is 27.7. The molecule has 1 saturated heterocycles. The van der Waals surface area contributed by atoms with Crippen LogP contribution in [0.1, 0.15) is 50.5 Å². The van der Waals surface area contributed by atoms with E-state index in [2.05, 4.69) is 41.0 Å². The molecule has 3 fully saturated rings.